The van der Waals surface area contributed by atoms with Crippen LogP contribution >= 0.6 is 0 Å². The van der Waals surface area contributed by atoms with Crippen molar-refractivity contribution >= 4 is 11.1 Å². The van der Waals surface area contributed by atoms with Crippen LogP contribution < -0.4 is 17.0 Å². The van der Waals surface area contributed by atoms with E-state index < -0.39 is 5.76 Å². The van der Waals surface area contributed by atoms with Gasteiger partial charge in [0.05, 0.1) is 11.2 Å². The number of nitrogens with two attached hydrogens (primary N) is 1. The quantitative estimate of drug-likeness (QED) is 0.612. The first-order chi connectivity index (χ1) is 9.17. The monoisotopic (exact) mass is 258 g/mol. The number of H-pyrrole nitrogens is 2. The van der Waals surface area contributed by atoms with E-state index in [-0.39, 0.29) is 12.1 Å². The van der Waals surface area contributed by atoms with Gasteiger partial charge in [0.25, 0.3) is 5.56 Å². The molecular weight excluding hydrogens is 248 g/mol. The smallest absolute Gasteiger partial charge is 0.408 e. The Morgan fingerprint density at radius 3 is 2.89 bits per heavy atom. The Morgan fingerprint density at radius 1 is 1.26 bits per heavy atom. The van der Waals surface area contributed by atoms with Gasteiger partial charge in [0, 0.05) is 18.2 Å². The highest BCUT2D eigenvalue weighted by Gasteiger charge is 2.09. The van der Waals surface area contributed by atoms with Crippen molar-refractivity contribution in [2.24, 2.45) is 5.73 Å². The van der Waals surface area contributed by atoms with Gasteiger partial charge in [0.15, 0.2) is 5.58 Å². The standard InChI is InChI=1S/C12H10N4O3/c13-5-7-4-10(17)15-16-11(7)6-1-2-9-8(3-6)14-12(18)19-9/h1-4H,5,13H2,(H,14,18)(H,15,17). The zero-order chi connectivity index (χ0) is 13.4. The highest BCUT2D eigenvalue weighted by Crippen LogP contribution is 2.23. The molecule has 0 fully saturated rings. The first-order valence-electron chi connectivity index (χ1n) is 5.59. The molecule has 0 atom stereocenters. The minimum Gasteiger partial charge on any atom is -0.408 e. The molecule has 96 valence electrons. The molecule has 19 heavy (non-hydrogen) atoms. The number of oxazole rings is 1. The summed E-state index contributed by atoms with van der Waals surface area (Å²) in [6.45, 7) is 0.201. The Bertz CT molecular complexity index is 859. The van der Waals surface area contributed by atoms with Crippen LogP contribution in [0.2, 0.25) is 0 Å². The summed E-state index contributed by atoms with van der Waals surface area (Å²) in [5.74, 6) is -0.513. The Labute approximate surface area is 106 Å². The lowest BCUT2D eigenvalue weighted by Crippen LogP contribution is -2.12. The fourth-order valence-electron chi connectivity index (χ4n) is 1.95. The van der Waals surface area contributed by atoms with Crippen LogP contribution in [0.25, 0.3) is 22.4 Å². The first kappa shape index (κ1) is 11.4. The summed E-state index contributed by atoms with van der Waals surface area (Å²) >= 11 is 0. The Morgan fingerprint density at radius 2 is 2.11 bits per heavy atom. The average Bonchev–Trinajstić information content (AvgIpc) is 2.77. The van der Waals surface area contributed by atoms with Crippen LogP contribution in [0.5, 0.6) is 0 Å². The van der Waals surface area contributed by atoms with Crippen LogP contribution in [0.15, 0.2) is 38.3 Å². The second-order valence-electron chi connectivity index (χ2n) is 4.04. The molecule has 3 rings (SSSR count). The van der Waals surface area contributed by atoms with Gasteiger partial charge in [-0.15, -0.1) is 0 Å². The van der Waals surface area contributed by atoms with Crippen molar-refractivity contribution in [3.63, 3.8) is 0 Å². The van der Waals surface area contributed by atoms with E-state index in [1.165, 1.54) is 6.07 Å². The molecule has 4 N–H and O–H groups in total. The van der Waals surface area contributed by atoms with E-state index in [0.717, 1.165) is 5.56 Å². The highest BCUT2D eigenvalue weighted by atomic mass is 16.4. The third-order valence-corrected chi connectivity index (χ3v) is 2.80. The van der Waals surface area contributed by atoms with E-state index in [9.17, 15) is 9.59 Å². The van der Waals surface area contributed by atoms with E-state index in [4.69, 9.17) is 10.2 Å². The van der Waals surface area contributed by atoms with Crippen molar-refractivity contribution in [2.75, 3.05) is 0 Å². The minimum absolute atomic E-state index is 0.201. The second kappa shape index (κ2) is 4.21. The van der Waals surface area contributed by atoms with Crippen molar-refractivity contribution < 1.29 is 4.42 Å². The Balaban J connectivity index is 2.23. The lowest BCUT2D eigenvalue weighted by atomic mass is 10.1. The van der Waals surface area contributed by atoms with E-state index in [1.54, 1.807) is 18.2 Å². The fraction of sp³-hybridized carbons (Fsp3) is 0.0833. The highest BCUT2D eigenvalue weighted by molar-refractivity contribution is 5.79. The fourth-order valence-corrected chi connectivity index (χ4v) is 1.95. The van der Waals surface area contributed by atoms with Crippen molar-refractivity contribution in [3.8, 4) is 11.3 Å². The second-order valence-corrected chi connectivity index (χ2v) is 4.04. The zero-order valence-electron chi connectivity index (χ0n) is 9.77. The van der Waals surface area contributed by atoms with E-state index in [0.29, 0.717) is 22.4 Å². The molecule has 7 nitrogen and oxygen atoms in total. The van der Waals surface area contributed by atoms with Crippen LogP contribution in [-0.2, 0) is 6.54 Å². The Kier molecular flexibility index (Phi) is 2.53. The molecule has 0 unspecified atom stereocenters. The first-order valence-corrected chi connectivity index (χ1v) is 5.59. The number of aromatic nitrogens is 3. The molecule has 0 aliphatic heterocycles. The number of rotatable bonds is 2. The number of hydrogen-bond donors (Lipinski definition) is 3. The molecule has 0 saturated heterocycles. The van der Waals surface area contributed by atoms with Gasteiger partial charge in [-0.25, -0.2) is 9.89 Å². The number of hydrogen-bond acceptors (Lipinski definition) is 5. The summed E-state index contributed by atoms with van der Waals surface area (Å²) in [7, 11) is 0. The predicted octanol–water partition coefficient (Wildman–Crippen LogP) is 0.330. The summed E-state index contributed by atoms with van der Waals surface area (Å²) in [6, 6.07) is 6.54. The van der Waals surface area contributed by atoms with Crippen molar-refractivity contribution in [2.45, 2.75) is 6.54 Å². The summed E-state index contributed by atoms with van der Waals surface area (Å²) in [6.07, 6.45) is 0. The van der Waals surface area contributed by atoms with Gasteiger partial charge in [-0.3, -0.25) is 9.78 Å². The number of aromatic amines is 2. The summed E-state index contributed by atoms with van der Waals surface area (Å²) in [5, 5.41) is 6.36. The summed E-state index contributed by atoms with van der Waals surface area (Å²) in [4.78, 5) is 24.9. The van der Waals surface area contributed by atoms with Crippen LogP contribution in [0.1, 0.15) is 5.56 Å². The predicted molar refractivity (Wildman–Crippen MR) is 68.6 cm³/mol. The van der Waals surface area contributed by atoms with Crippen LogP contribution in [0.3, 0.4) is 0 Å². The number of nitrogens with zero attached hydrogens (tertiary/aromatic N) is 1. The SMILES string of the molecule is NCc1cc(=O)[nH]nc1-c1ccc2oc(=O)[nH]c2c1. The summed E-state index contributed by atoms with van der Waals surface area (Å²) in [5.41, 5.74) is 8.28. The molecule has 2 heterocycles. The van der Waals surface area contributed by atoms with Gasteiger partial charge < -0.3 is 10.2 Å². The molecule has 0 bridgehead atoms. The van der Waals surface area contributed by atoms with Gasteiger partial charge in [-0.05, 0) is 23.8 Å². The molecular formula is C12H10N4O3. The molecule has 0 spiro atoms. The summed E-state index contributed by atoms with van der Waals surface area (Å²) < 4.78 is 4.92. The number of benzene rings is 1. The number of fused-ring (bicyclic) bond motifs is 1. The molecule has 7 heteroatoms. The topological polar surface area (TPSA) is 118 Å². The van der Waals surface area contributed by atoms with E-state index in [1.807, 2.05) is 0 Å². The maximum absolute atomic E-state index is 11.2. The van der Waals surface area contributed by atoms with Crippen molar-refractivity contribution in [1.82, 2.24) is 15.2 Å². The minimum atomic E-state index is -0.513. The molecule has 1 aromatic carbocycles. The molecule has 0 radical (unpaired) electrons. The maximum atomic E-state index is 11.2. The van der Waals surface area contributed by atoms with Gasteiger partial charge in [0.1, 0.15) is 0 Å². The van der Waals surface area contributed by atoms with E-state index in [2.05, 4.69) is 15.2 Å². The molecule has 3 aromatic rings. The lowest BCUT2D eigenvalue weighted by Gasteiger charge is -2.05. The number of nitrogens with one attached hydrogen (secondary N) is 2. The van der Waals surface area contributed by atoms with Crippen LogP contribution in [0, 0.1) is 0 Å². The molecule has 0 saturated carbocycles. The third-order valence-electron chi connectivity index (χ3n) is 2.80. The largest absolute Gasteiger partial charge is 0.417 e. The lowest BCUT2D eigenvalue weighted by molar-refractivity contribution is 0.555. The molecule has 0 aliphatic carbocycles. The van der Waals surface area contributed by atoms with Crippen molar-refractivity contribution in [3.05, 3.63) is 50.7 Å². The van der Waals surface area contributed by atoms with Crippen LogP contribution in [0.4, 0.5) is 0 Å². The molecule has 0 aliphatic rings. The third kappa shape index (κ3) is 1.95. The zero-order valence-corrected chi connectivity index (χ0v) is 9.77. The van der Waals surface area contributed by atoms with Crippen molar-refractivity contribution in [1.29, 1.82) is 0 Å². The molecule has 0 amide bonds. The van der Waals surface area contributed by atoms with Crippen LogP contribution in [-0.4, -0.2) is 15.2 Å². The van der Waals surface area contributed by atoms with Gasteiger partial charge in [0.2, 0.25) is 0 Å². The van der Waals surface area contributed by atoms with Gasteiger partial charge in [-0.1, -0.05) is 0 Å². The normalized spacial score (nSPS) is 11.0. The van der Waals surface area contributed by atoms with Gasteiger partial charge >= 0.3 is 5.76 Å². The Hall–Kier alpha value is -2.67. The van der Waals surface area contributed by atoms with Gasteiger partial charge in [-0.2, -0.15) is 5.10 Å². The average molecular weight is 258 g/mol. The molecule has 2 aromatic heterocycles. The van der Waals surface area contributed by atoms with E-state index >= 15 is 0 Å². The maximum Gasteiger partial charge on any atom is 0.417 e.